The van der Waals surface area contributed by atoms with E-state index >= 15 is 0 Å². The van der Waals surface area contributed by atoms with Crippen LogP contribution in [0.5, 0.6) is 0 Å². The first kappa shape index (κ1) is 57.9. The lowest BCUT2D eigenvalue weighted by Crippen LogP contribution is -2.30. The lowest BCUT2D eigenvalue weighted by Gasteiger charge is -2.18. The summed E-state index contributed by atoms with van der Waals surface area (Å²) < 4.78 is 16.7. The second-order valence-electron chi connectivity index (χ2n) is 16.7. The van der Waals surface area contributed by atoms with Crippen LogP contribution >= 0.6 is 0 Å². The molecule has 0 aliphatic carbocycles. The molecule has 6 nitrogen and oxygen atoms in total. The van der Waals surface area contributed by atoms with Crippen LogP contribution in [-0.2, 0) is 28.6 Å². The van der Waals surface area contributed by atoms with Crippen molar-refractivity contribution in [2.45, 2.75) is 245 Å². The zero-order chi connectivity index (χ0) is 44.4. The summed E-state index contributed by atoms with van der Waals surface area (Å²) in [5.74, 6) is -0.978. The molecule has 0 fully saturated rings. The van der Waals surface area contributed by atoms with Gasteiger partial charge in [0.15, 0.2) is 6.10 Å². The summed E-state index contributed by atoms with van der Waals surface area (Å²) in [6.07, 6.45) is 61.7. The molecule has 61 heavy (non-hydrogen) atoms. The van der Waals surface area contributed by atoms with E-state index in [1.165, 1.54) is 103 Å². The molecule has 0 bridgehead atoms. The number of allylic oxidation sites excluding steroid dienone is 12. The van der Waals surface area contributed by atoms with Gasteiger partial charge in [-0.1, -0.05) is 184 Å². The molecule has 0 aromatic carbocycles. The third kappa shape index (κ3) is 47.7. The standard InChI is InChI=1S/C55H94O6/c1-4-7-10-13-16-19-22-25-26-27-28-31-34-37-40-43-46-49-55(58)61-52(50-59-53(56)47-44-41-38-35-32-29-23-20-17-14-11-8-5-2)51-60-54(57)48-45-42-39-36-33-30-24-21-18-15-12-9-6-3/h16,19-21,23-26,28,31,37,40,52H,4-15,17-18,22,27,29-30,32-36,38-39,41-51H2,1-3H3/b19-16-,23-20-,24-21-,26-25-,31-28-,40-37-. The molecule has 0 atom stereocenters. The molecule has 0 heterocycles. The predicted octanol–water partition coefficient (Wildman–Crippen LogP) is 16.6. The molecule has 0 saturated heterocycles. The van der Waals surface area contributed by atoms with Crippen molar-refractivity contribution < 1.29 is 28.6 Å². The Labute approximate surface area is 376 Å². The van der Waals surface area contributed by atoms with Crippen LogP contribution in [-0.4, -0.2) is 37.2 Å². The summed E-state index contributed by atoms with van der Waals surface area (Å²) in [4.78, 5) is 37.9. The fourth-order valence-corrected chi connectivity index (χ4v) is 6.78. The van der Waals surface area contributed by atoms with Crippen molar-refractivity contribution in [1.82, 2.24) is 0 Å². The van der Waals surface area contributed by atoms with Gasteiger partial charge in [0.2, 0.25) is 0 Å². The first-order valence-corrected chi connectivity index (χ1v) is 25.4. The van der Waals surface area contributed by atoms with Crippen LogP contribution in [0.25, 0.3) is 0 Å². The van der Waals surface area contributed by atoms with Gasteiger partial charge >= 0.3 is 17.9 Å². The fraction of sp³-hybridized carbons (Fsp3) is 0.727. The van der Waals surface area contributed by atoms with E-state index in [1.54, 1.807) is 0 Å². The maximum atomic E-state index is 12.8. The number of ether oxygens (including phenoxy) is 3. The van der Waals surface area contributed by atoms with Crippen LogP contribution in [0.3, 0.4) is 0 Å². The molecule has 0 unspecified atom stereocenters. The maximum absolute atomic E-state index is 12.8. The summed E-state index contributed by atoms with van der Waals surface area (Å²) in [5, 5.41) is 0. The Morgan fingerprint density at radius 3 is 1.02 bits per heavy atom. The van der Waals surface area contributed by atoms with Crippen LogP contribution in [0.15, 0.2) is 72.9 Å². The van der Waals surface area contributed by atoms with Crippen molar-refractivity contribution >= 4 is 17.9 Å². The average Bonchev–Trinajstić information content (AvgIpc) is 3.26. The average molecular weight is 851 g/mol. The first-order chi connectivity index (χ1) is 30.0. The van der Waals surface area contributed by atoms with Crippen molar-refractivity contribution in [1.29, 1.82) is 0 Å². The summed E-state index contributed by atoms with van der Waals surface area (Å²) in [6.45, 7) is 6.51. The van der Waals surface area contributed by atoms with Gasteiger partial charge in [-0.2, -0.15) is 0 Å². The van der Waals surface area contributed by atoms with Crippen molar-refractivity contribution in [3.63, 3.8) is 0 Å². The SMILES string of the molecule is CCCCC/C=C\C/C=C\C/C=C\C/C=C\CCCC(=O)OC(COC(=O)CCCCCCC/C=C\CCCCCC)COC(=O)CCCCCCC/C=C\CCCCCC. The monoisotopic (exact) mass is 851 g/mol. The highest BCUT2D eigenvalue weighted by Crippen LogP contribution is 2.13. The summed E-state index contributed by atoms with van der Waals surface area (Å²) in [5.41, 5.74) is 0. The molecule has 0 aromatic rings. The highest BCUT2D eigenvalue weighted by molar-refractivity contribution is 5.71. The number of unbranched alkanes of at least 4 members (excludes halogenated alkanes) is 22. The first-order valence-electron chi connectivity index (χ1n) is 25.4. The summed E-state index contributed by atoms with van der Waals surface area (Å²) >= 11 is 0. The number of rotatable bonds is 45. The molecule has 0 aliphatic rings. The van der Waals surface area contributed by atoms with E-state index in [0.29, 0.717) is 19.3 Å². The Kier molecular flexibility index (Phi) is 46.9. The smallest absolute Gasteiger partial charge is 0.306 e. The third-order valence-corrected chi connectivity index (χ3v) is 10.7. The Bertz CT molecular complexity index is 1110. The van der Waals surface area contributed by atoms with Gasteiger partial charge in [0.05, 0.1) is 0 Å². The van der Waals surface area contributed by atoms with Crippen LogP contribution < -0.4 is 0 Å². The molecule has 0 N–H and O–H groups in total. The van der Waals surface area contributed by atoms with Crippen molar-refractivity contribution in [3.8, 4) is 0 Å². The lowest BCUT2D eigenvalue weighted by molar-refractivity contribution is -0.167. The number of hydrogen-bond donors (Lipinski definition) is 0. The molecule has 0 aromatic heterocycles. The molecular weight excluding hydrogens is 757 g/mol. The van der Waals surface area contributed by atoms with Gasteiger partial charge in [0.1, 0.15) is 13.2 Å². The summed E-state index contributed by atoms with van der Waals surface area (Å²) in [6, 6.07) is 0. The quantitative estimate of drug-likeness (QED) is 0.0263. The number of carbonyl (C=O) groups is 3. The Morgan fingerprint density at radius 1 is 0.328 bits per heavy atom. The minimum absolute atomic E-state index is 0.104. The largest absolute Gasteiger partial charge is 0.462 e. The van der Waals surface area contributed by atoms with Gasteiger partial charge in [-0.25, -0.2) is 0 Å². The van der Waals surface area contributed by atoms with Crippen LogP contribution in [0.1, 0.15) is 239 Å². The third-order valence-electron chi connectivity index (χ3n) is 10.7. The fourth-order valence-electron chi connectivity index (χ4n) is 6.78. The number of esters is 3. The normalized spacial score (nSPS) is 12.2. The van der Waals surface area contributed by atoms with Gasteiger partial charge in [-0.05, 0) is 109 Å². The predicted molar refractivity (Wildman–Crippen MR) is 261 cm³/mol. The second kappa shape index (κ2) is 49.5. The topological polar surface area (TPSA) is 78.9 Å². The second-order valence-corrected chi connectivity index (χ2v) is 16.7. The Hall–Kier alpha value is -3.15. The molecule has 6 heteroatoms. The lowest BCUT2D eigenvalue weighted by atomic mass is 10.1. The molecule has 0 aliphatic heterocycles. The van der Waals surface area contributed by atoms with E-state index < -0.39 is 6.10 Å². The van der Waals surface area contributed by atoms with Gasteiger partial charge < -0.3 is 14.2 Å². The number of carbonyl (C=O) groups excluding carboxylic acids is 3. The van der Waals surface area contributed by atoms with E-state index in [9.17, 15) is 14.4 Å². The molecule has 0 rings (SSSR count). The molecule has 0 amide bonds. The Balaban J connectivity index is 4.51. The maximum Gasteiger partial charge on any atom is 0.306 e. The highest BCUT2D eigenvalue weighted by Gasteiger charge is 2.19. The van der Waals surface area contributed by atoms with Crippen LogP contribution in [0.4, 0.5) is 0 Å². The molecule has 0 spiro atoms. The Morgan fingerprint density at radius 2 is 0.607 bits per heavy atom. The van der Waals surface area contributed by atoms with E-state index in [0.717, 1.165) is 89.9 Å². The zero-order valence-electron chi connectivity index (χ0n) is 39.9. The van der Waals surface area contributed by atoms with E-state index in [-0.39, 0.29) is 37.5 Å². The van der Waals surface area contributed by atoms with Crippen molar-refractivity contribution in [3.05, 3.63) is 72.9 Å². The van der Waals surface area contributed by atoms with Gasteiger partial charge in [-0.3, -0.25) is 14.4 Å². The van der Waals surface area contributed by atoms with E-state index in [1.807, 2.05) is 0 Å². The van der Waals surface area contributed by atoms with Gasteiger partial charge in [0, 0.05) is 19.3 Å². The van der Waals surface area contributed by atoms with Crippen LogP contribution in [0, 0.1) is 0 Å². The van der Waals surface area contributed by atoms with Crippen LogP contribution in [0.2, 0.25) is 0 Å². The molecular formula is C55H94O6. The van der Waals surface area contributed by atoms with E-state index in [4.69, 9.17) is 14.2 Å². The summed E-state index contributed by atoms with van der Waals surface area (Å²) in [7, 11) is 0. The van der Waals surface area contributed by atoms with Gasteiger partial charge in [0.25, 0.3) is 0 Å². The molecule has 0 radical (unpaired) electrons. The van der Waals surface area contributed by atoms with Crippen molar-refractivity contribution in [2.75, 3.05) is 13.2 Å². The van der Waals surface area contributed by atoms with Gasteiger partial charge in [-0.15, -0.1) is 0 Å². The number of hydrogen-bond acceptors (Lipinski definition) is 6. The zero-order valence-corrected chi connectivity index (χ0v) is 39.9. The van der Waals surface area contributed by atoms with Crippen molar-refractivity contribution in [2.24, 2.45) is 0 Å². The molecule has 350 valence electrons. The van der Waals surface area contributed by atoms with E-state index in [2.05, 4.69) is 93.7 Å². The molecule has 0 saturated carbocycles. The minimum atomic E-state index is -0.809. The highest BCUT2D eigenvalue weighted by atomic mass is 16.6. The minimum Gasteiger partial charge on any atom is -0.462 e.